The third kappa shape index (κ3) is 3.89. The number of amides is 3. The van der Waals surface area contributed by atoms with E-state index in [1.165, 1.54) is 11.5 Å². The largest absolute Gasteiger partial charge is 0.343 e. The first-order valence-corrected chi connectivity index (χ1v) is 9.46. The van der Waals surface area contributed by atoms with Crippen molar-refractivity contribution in [2.24, 2.45) is 5.92 Å². The smallest absolute Gasteiger partial charge is 0.321 e. The highest BCUT2D eigenvalue weighted by Gasteiger charge is 2.30. The van der Waals surface area contributed by atoms with Gasteiger partial charge in [-0.1, -0.05) is 4.49 Å². The van der Waals surface area contributed by atoms with Crippen molar-refractivity contribution in [2.75, 3.05) is 31.5 Å². The van der Waals surface area contributed by atoms with Crippen molar-refractivity contribution in [3.05, 3.63) is 18.2 Å². The lowest BCUT2D eigenvalue weighted by atomic mass is 9.96. The second kappa shape index (κ2) is 7.77. The molecule has 1 aliphatic heterocycles. The molecule has 25 heavy (non-hydrogen) atoms. The summed E-state index contributed by atoms with van der Waals surface area (Å²) in [6.45, 7) is 6.53. The molecule has 0 aliphatic carbocycles. The Bertz CT molecular complexity index is 758. The Balaban J connectivity index is 1.64. The van der Waals surface area contributed by atoms with E-state index in [-0.39, 0.29) is 17.9 Å². The van der Waals surface area contributed by atoms with Gasteiger partial charge < -0.3 is 15.1 Å². The Labute approximate surface area is 151 Å². The van der Waals surface area contributed by atoms with Gasteiger partial charge in [0.15, 0.2) is 0 Å². The van der Waals surface area contributed by atoms with Gasteiger partial charge in [-0.25, -0.2) is 4.79 Å². The highest BCUT2D eigenvalue weighted by molar-refractivity contribution is 7.12. The summed E-state index contributed by atoms with van der Waals surface area (Å²) in [5.74, 6) is 0.0436. The Morgan fingerprint density at radius 3 is 2.92 bits per heavy atom. The van der Waals surface area contributed by atoms with Crippen LogP contribution in [0.25, 0.3) is 10.2 Å². The quantitative estimate of drug-likeness (QED) is 0.908. The molecule has 1 aromatic carbocycles. The van der Waals surface area contributed by atoms with Crippen LogP contribution in [0.3, 0.4) is 0 Å². The van der Waals surface area contributed by atoms with E-state index in [0.29, 0.717) is 31.9 Å². The van der Waals surface area contributed by atoms with Crippen molar-refractivity contribution < 1.29 is 9.59 Å². The maximum atomic E-state index is 12.6. The van der Waals surface area contributed by atoms with Gasteiger partial charge in [0.1, 0.15) is 5.52 Å². The van der Waals surface area contributed by atoms with Crippen molar-refractivity contribution >= 4 is 39.4 Å². The van der Waals surface area contributed by atoms with E-state index in [4.69, 9.17) is 0 Å². The first-order chi connectivity index (χ1) is 12.1. The van der Waals surface area contributed by atoms with Crippen molar-refractivity contribution in [3.63, 3.8) is 0 Å². The monoisotopic (exact) mass is 361 g/mol. The van der Waals surface area contributed by atoms with Crippen LogP contribution in [0, 0.1) is 5.92 Å². The van der Waals surface area contributed by atoms with E-state index in [9.17, 15) is 9.59 Å². The molecule has 1 saturated heterocycles. The number of hydrogen-bond donors (Lipinski definition) is 1. The molecule has 2 aromatic rings. The van der Waals surface area contributed by atoms with E-state index < -0.39 is 0 Å². The van der Waals surface area contributed by atoms with Crippen molar-refractivity contribution in [3.8, 4) is 0 Å². The second-order valence-corrected chi connectivity index (χ2v) is 6.97. The number of carbonyl (C=O) groups excluding carboxylic acids is 2. The molecular weight excluding hydrogens is 338 g/mol. The van der Waals surface area contributed by atoms with Gasteiger partial charge in [-0.05, 0) is 56.4 Å². The van der Waals surface area contributed by atoms with Crippen molar-refractivity contribution in [1.82, 2.24) is 19.4 Å². The van der Waals surface area contributed by atoms with Crippen LogP contribution in [0.5, 0.6) is 0 Å². The summed E-state index contributed by atoms with van der Waals surface area (Å²) in [7, 11) is 0. The van der Waals surface area contributed by atoms with Crippen LogP contribution in [-0.2, 0) is 4.79 Å². The summed E-state index contributed by atoms with van der Waals surface area (Å²) in [5, 5.41) is 6.94. The Morgan fingerprint density at radius 2 is 2.16 bits per heavy atom. The predicted molar refractivity (Wildman–Crippen MR) is 98.7 cm³/mol. The molecule has 0 bridgehead atoms. The van der Waals surface area contributed by atoms with Crippen LogP contribution < -0.4 is 5.32 Å². The normalized spacial score (nSPS) is 17.5. The zero-order chi connectivity index (χ0) is 17.8. The topological polar surface area (TPSA) is 78.4 Å². The van der Waals surface area contributed by atoms with E-state index in [1.54, 1.807) is 4.90 Å². The number of benzene rings is 1. The highest BCUT2D eigenvalue weighted by atomic mass is 32.1. The number of nitrogens with one attached hydrogen (secondary N) is 1. The Morgan fingerprint density at radius 1 is 1.36 bits per heavy atom. The van der Waals surface area contributed by atoms with Crippen LogP contribution in [0.4, 0.5) is 10.5 Å². The highest BCUT2D eigenvalue weighted by Crippen LogP contribution is 2.22. The first-order valence-electron chi connectivity index (χ1n) is 8.69. The molecule has 1 aromatic heterocycles. The number of aromatic nitrogens is 2. The summed E-state index contributed by atoms with van der Waals surface area (Å²) in [5.41, 5.74) is 1.47. The van der Waals surface area contributed by atoms with Gasteiger partial charge in [0, 0.05) is 31.9 Å². The third-order valence-corrected chi connectivity index (χ3v) is 5.34. The van der Waals surface area contributed by atoms with Crippen LogP contribution in [0.1, 0.15) is 26.7 Å². The molecule has 3 rings (SSSR count). The zero-order valence-corrected chi connectivity index (χ0v) is 15.4. The molecule has 3 amide bonds. The molecule has 1 fully saturated rings. The lowest BCUT2D eigenvalue weighted by molar-refractivity contribution is -0.136. The SMILES string of the molecule is CCN(CC)C(=O)C1CCCN(C(=O)Nc2ccc3snnc3c2)C1. The van der Waals surface area contributed by atoms with Crippen molar-refractivity contribution in [2.45, 2.75) is 26.7 Å². The Hall–Kier alpha value is -2.22. The molecule has 7 nitrogen and oxygen atoms in total. The molecule has 134 valence electrons. The minimum Gasteiger partial charge on any atom is -0.343 e. The standard InChI is InChI=1S/C17H23N5O2S/c1-3-21(4-2)16(23)12-6-5-9-22(11-12)17(24)18-13-7-8-15-14(10-13)19-20-25-15/h7-8,10,12H,3-6,9,11H2,1-2H3,(H,18,24). The average Bonchev–Trinajstić information content (AvgIpc) is 3.10. The number of carbonyl (C=O) groups is 2. The fraction of sp³-hybridized carbons (Fsp3) is 0.529. The van der Waals surface area contributed by atoms with Crippen LogP contribution in [-0.4, -0.2) is 57.5 Å². The van der Waals surface area contributed by atoms with E-state index in [0.717, 1.165) is 23.1 Å². The number of anilines is 1. The minimum atomic E-state index is -0.167. The number of piperidine rings is 1. The zero-order valence-electron chi connectivity index (χ0n) is 14.6. The number of likely N-dealkylation sites (tertiary alicyclic amines) is 1. The van der Waals surface area contributed by atoms with Gasteiger partial charge in [-0.15, -0.1) is 5.10 Å². The fourth-order valence-corrected chi connectivity index (χ4v) is 3.76. The number of hydrogen-bond acceptors (Lipinski definition) is 5. The third-order valence-electron chi connectivity index (χ3n) is 4.63. The summed E-state index contributed by atoms with van der Waals surface area (Å²) in [6, 6.07) is 5.40. The predicted octanol–water partition coefficient (Wildman–Crippen LogP) is 2.80. The number of fused-ring (bicyclic) bond motifs is 1. The molecule has 1 aliphatic rings. The molecule has 0 spiro atoms. The molecule has 8 heteroatoms. The number of rotatable bonds is 4. The molecular formula is C17H23N5O2S. The Kier molecular flexibility index (Phi) is 5.47. The number of urea groups is 1. The first kappa shape index (κ1) is 17.6. The van der Waals surface area contributed by atoms with Crippen molar-refractivity contribution in [1.29, 1.82) is 0 Å². The van der Waals surface area contributed by atoms with Crippen LogP contribution in [0.15, 0.2) is 18.2 Å². The average molecular weight is 361 g/mol. The molecule has 0 radical (unpaired) electrons. The van der Waals surface area contributed by atoms with Gasteiger partial charge in [0.25, 0.3) is 0 Å². The summed E-state index contributed by atoms with van der Waals surface area (Å²) >= 11 is 1.33. The molecule has 1 unspecified atom stereocenters. The fourth-order valence-electron chi connectivity index (χ4n) is 3.22. The van der Waals surface area contributed by atoms with Gasteiger partial charge in [0.05, 0.1) is 10.6 Å². The lowest BCUT2D eigenvalue weighted by Gasteiger charge is -2.34. The van der Waals surface area contributed by atoms with Gasteiger partial charge in [0.2, 0.25) is 5.91 Å². The van der Waals surface area contributed by atoms with Gasteiger partial charge >= 0.3 is 6.03 Å². The molecule has 2 heterocycles. The summed E-state index contributed by atoms with van der Waals surface area (Å²) in [4.78, 5) is 28.7. The minimum absolute atomic E-state index is 0.107. The second-order valence-electron chi connectivity index (χ2n) is 6.18. The van der Waals surface area contributed by atoms with Crippen LogP contribution >= 0.6 is 11.5 Å². The maximum absolute atomic E-state index is 12.6. The van der Waals surface area contributed by atoms with E-state index in [2.05, 4.69) is 14.9 Å². The van der Waals surface area contributed by atoms with Gasteiger partial charge in [-0.3, -0.25) is 4.79 Å². The van der Waals surface area contributed by atoms with Crippen LogP contribution in [0.2, 0.25) is 0 Å². The summed E-state index contributed by atoms with van der Waals surface area (Å²) < 4.78 is 4.89. The van der Waals surface area contributed by atoms with Gasteiger partial charge in [-0.2, -0.15) is 0 Å². The van der Waals surface area contributed by atoms with E-state index in [1.807, 2.05) is 36.9 Å². The molecule has 1 N–H and O–H groups in total. The lowest BCUT2D eigenvalue weighted by Crippen LogP contribution is -2.47. The molecule has 1 atom stereocenters. The van der Waals surface area contributed by atoms with E-state index >= 15 is 0 Å². The molecule has 0 saturated carbocycles. The number of nitrogens with zero attached hydrogens (tertiary/aromatic N) is 4. The summed E-state index contributed by atoms with van der Waals surface area (Å²) in [6.07, 6.45) is 1.69. The maximum Gasteiger partial charge on any atom is 0.321 e.